The van der Waals surface area contributed by atoms with Crippen molar-refractivity contribution in [3.63, 3.8) is 0 Å². The molecule has 0 saturated carbocycles. The second-order valence-corrected chi connectivity index (χ2v) is 33.5. The maximum atomic E-state index is 11.6. The third-order valence-electron chi connectivity index (χ3n) is 15.0. The molecule has 4 atom stereocenters. The second kappa shape index (κ2) is 0.243. The van der Waals surface area contributed by atoms with E-state index in [0.717, 1.165) is 0 Å². The van der Waals surface area contributed by atoms with Gasteiger partial charge in [0, 0.05) is 0 Å². The van der Waals surface area contributed by atoms with Gasteiger partial charge in [0.2, 0.25) is 0 Å². The van der Waals surface area contributed by atoms with Gasteiger partial charge in [-0.2, -0.15) is 0 Å². The Bertz CT molecular complexity index is 799. The minimum atomic E-state index is -2.87. The predicted molar refractivity (Wildman–Crippen MR) is 42.5 cm³/mol. The molecule has 10 saturated heterocycles. The van der Waals surface area contributed by atoms with Crippen LogP contribution in [0.5, 0.6) is 0 Å². The van der Waals surface area contributed by atoms with Gasteiger partial charge in [0.25, 0.3) is 0 Å². The first-order valence-corrected chi connectivity index (χ1v) is 12.1. The van der Waals surface area contributed by atoms with Gasteiger partial charge in [-0.15, -0.1) is 0 Å². The van der Waals surface area contributed by atoms with Crippen molar-refractivity contribution < 1.29 is 11.3 Å². The molecule has 0 aromatic heterocycles. The van der Waals surface area contributed by atoms with Gasteiger partial charge in [0.1, 0.15) is 0 Å². The molecule has 10 aliphatic heterocycles. The Morgan fingerprint density at radius 1 is 0.846 bits per heavy atom. The van der Waals surface area contributed by atoms with E-state index in [0.29, 0.717) is 4.31 Å². The first kappa shape index (κ1) is 3.98. The predicted octanol–water partition coefficient (Wildman–Crippen LogP) is 2.94. The molecule has 0 amide bonds. The fourth-order valence-electron chi connectivity index (χ4n) is 16.7. The van der Waals surface area contributed by atoms with Crippen LogP contribution in [-0.2, 0) is 11.3 Å². The molecule has 0 aromatic carbocycles. The SMILES string of the molecule is O=C[C]12[CH]3[CH]4[CH]5[CH]1[Fe]45321678[CH]2[CH]1[CH]6[CH]7[CH]28. The standard InChI is InChI=1S/C6H5O.C5H5.Fe/c7-5-6-3-1-2-4-6;1-2-4-5-3-1;/h1-5H;1-5H;. The fourth-order valence-corrected chi connectivity index (χ4v) is 90.0. The Kier molecular flexibility index (Phi) is 0.0745. The Labute approximate surface area is 65.5 Å². The first-order valence-electron chi connectivity index (χ1n) is 5.78. The molecule has 0 aliphatic carbocycles. The Hall–Kier alpha value is 0.189. The normalized spacial score (nSPS) is 152. The second-order valence-electron chi connectivity index (χ2n) is 9.86. The molecule has 0 aromatic rings. The molecular formula is C11H10FeO. The summed E-state index contributed by atoms with van der Waals surface area (Å²) < 4.78 is 0.555. The Morgan fingerprint density at radius 2 is 1.31 bits per heavy atom. The molecule has 2 heteroatoms. The zero-order chi connectivity index (χ0) is 7.72. The topological polar surface area (TPSA) is 17.1 Å². The number of fused-ring (bicyclic) bond motifs is 10. The van der Waals surface area contributed by atoms with Gasteiger partial charge in [-0.3, -0.25) is 0 Å². The Balaban J connectivity index is 2.14. The van der Waals surface area contributed by atoms with Crippen LogP contribution in [0.15, 0.2) is 0 Å². The van der Waals surface area contributed by atoms with Crippen molar-refractivity contribution in [2.45, 2.75) is 47.7 Å². The van der Waals surface area contributed by atoms with E-state index in [4.69, 9.17) is 0 Å². The average molecular weight is 214 g/mol. The molecule has 1 nitrogen and oxygen atoms in total. The van der Waals surface area contributed by atoms with Crippen molar-refractivity contribution >= 4 is 6.29 Å². The number of carbonyl (C=O) groups excluding carboxylic acids is 1. The number of aldehydes is 1. The monoisotopic (exact) mass is 214 g/mol. The van der Waals surface area contributed by atoms with Crippen LogP contribution in [0.1, 0.15) is 0 Å². The van der Waals surface area contributed by atoms with Gasteiger partial charge >= 0.3 is 65.3 Å². The average Bonchev–Trinajstić information content (AvgIpc) is 3.12. The number of hydrogen-bond acceptors (Lipinski definition) is 1. The van der Waals surface area contributed by atoms with E-state index in [1.165, 1.54) is 43.3 Å². The molecule has 0 N–H and O–H groups in total. The van der Waals surface area contributed by atoms with E-state index in [-0.39, 0.29) is 0 Å². The van der Waals surface area contributed by atoms with Gasteiger partial charge in [-0.1, -0.05) is 0 Å². The summed E-state index contributed by atoms with van der Waals surface area (Å²) in [5.41, 5.74) is 0. The van der Waals surface area contributed by atoms with E-state index in [1.807, 2.05) is 0 Å². The van der Waals surface area contributed by atoms with Crippen LogP contribution in [-0.4, -0.2) is 6.29 Å². The summed E-state index contributed by atoms with van der Waals surface area (Å²) in [4.78, 5) is 23.3. The van der Waals surface area contributed by atoms with Crippen LogP contribution >= 0.6 is 0 Å². The summed E-state index contributed by atoms with van der Waals surface area (Å²) >= 11 is 0. The summed E-state index contributed by atoms with van der Waals surface area (Å²) in [5.74, 6) is 0. The zero-order valence-corrected chi connectivity index (χ0v) is 8.14. The third kappa shape index (κ3) is 0.0271. The molecule has 10 fully saturated rings. The van der Waals surface area contributed by atoms with E-state index in [1.54, 1.807) is 6.29 Å². The number of rotatable bonds is 1. The third-order valence-corrected chi connectivity index (χ3v) is 57.4. The van der Waals surface area contributed by atoms with E-state index >= 15 is 0 Å². The van der Waals surface area contributed by atoms with Crippen LogP contribution in [0, 0.1) is 0 Å². The van der Waals surface area contributed by atoms with Crippen molar-refractivity contribution in [2.24, 2.45) is 0 Å². The molecule has 10 rings (SSSR count). The summed E-state index contributed by atoms with van der Waals surface area (Å²) in [6, 6.07) is 0. The van der Waals surface area contributed by atoms with Crippen molar-refractivity contribution in [2.75, 3.05) is 0 Å². The number of carbonyl (C=O) groups is 1. The molecule has 0 bridgehead atoms. The van der Waals surface area contributed by atoms with Crippen LogP contribution < -0.4 is 0 Å². The zero-order valence-electron chi connectivity index (χ0n) is 7.04. The van der Waals surface area contributed by atoms with Crippen molar-refractivity contribution in [3.05, 3.63) is 0 Å². The van der Waals surface area contributed by atoms with Gasteiger partial charge in [-0.05, 0) is 0 Å². The maximum absolute atomic E-state index is 11.6. The summed E-state index contributed by atoms with van der Waals surface area (Å²) in [6.07, 6.45) is 1.57. The molecule has 0 radical (unpaired) electrons. The quantitative estimate of drug-likeness (QED) is 0.484. The van der Waals surface area contributed by atoms with Crippen LogP contribution in [0.3, 0.4) is 0 Å². The van der Waals surface area contributed by atoms with Crippen LogP contribution in [0.25, 0.3) is 0 Å². The first-order chi connectivity index (χ1) is 6.11. The Morgan fingerprint density at radius 3 is 1.38 bits per heavy atom. The van der Waals surface area contributed by atoms with E-state index < -0.39 is 6.51 Å². The summed E-state index contributed by atoms with van der Waals surface area (Å²) in [7, 11) is 0. The molecule has 1 spiro atoms. The molecule has 10 aliphatic rings. The van der Waals surface area contributed by atoms with Gasteiger partial charge in [0.05, 0.1) is 0 Å². The molecule has 13 heavy (non-hydrogen) atoms. The number of hydrogen-bond donors (Lipinski definition) is 0. The molecule has 4 unspecified atom stereocenters. The van der Waals surface area contributed by atoms with E-state index in [9.17, 15) is 4.79 Å². The van der Waals surface area contributed by atoms with Crippen molar-refractivity contribution in [1.82, 2.24) is 0 Å². The van der Waals surface area contributed by atoms with Crippen LogP contribution in [0.2, 0.25) is 47.7 Å². The fraction of sp³-hybridized carbons (Fsp3) is 0.909. The summed E-state index contributed by atoms with van der Waals surface area (Å²) in [6.45, 7) is -2.87. The van der Waals surface area contributed by atoms with Gasteiger partial charge < -0.3 is 0 Å². The van der Waals surface area contributed by atoms with Gasteiger partial charge in [0.15, 0.2) is 0 Å². The summed E-state index contributed by atoms with van der Waals surface area (Å²) in [5, 5.41) is 0. The molecule has 68 valence electrons. The van der Waals surface area contributed by atoms with Crippen LogP contribution in [0.4, 0.5) is 0 Å². The van der Waals surface area contributed by atoms with Crippen molar-refractivity contribution in [1.29, 1.82) is 0 Å². The van der Waals surface area contributed by atoms with E-state index in [2.05, 4.69) is 0 Å². The van der Waals surface area contributed by atoms with Gasteiger partial charge in [-0.25, -0.2) is 0 Å². The van der Waals surface area contributed by atoms with Crippen molar-refractivity contribution in [3.8, 4) is 0 Å². The molecule has 10 heterocycles. The minimum absolute atomic E-state index is 0.555. The molecular weight excluding hydrogens is 204 g/mol.